The Morgan fingerprint density at radius 1 is 1.43 bits per heavy atom. The van der Waals surface area contributed by atoms with Crippen LogP contribution in [0.4, 0.5) is 0 Å². The van der Waals surface area contributed by atoms with Crippen molar-refractivity contribution in [2.75, 3.05) is 19.7 Å². The summed E-state index contributed by atoms with van der Waals surface area (Å²) < 4.78 is 5.38. The molecule has 0 spiro atoms. The molecule has 1 rings (SSSR count). The maximum Gasteiger partial charge on any atom is 0.213 e. The number of hydrogen-bond donors (Lipinski definition) is 1. The molecule has 0 aliphatic rings. The Bertz CT molecular complexity index is 251. The van der Waals surface area contributed by atoms with Gasteiger partial charge >= 0.3 is 0 Å². The maximum atomic E-state index is 5.68. The minimum Gasteiger partial charge on any atom is -0.476 e. The van der Waals surface area contributed by atoms with Crippen molar-refractivity contribution in [3.05, 3.63) is 23.4 Å². The van der Waals surface area contributed by atoms with Gasteiger partial charge in [-0.3, -0.25) is 0 Å². The highest BCUT2D eigenvalue weighted by Crippen LogP contribution is 2.10. The average Bonchev–Trinajstić information content (AvgIpc) is 2.21. The molecule has 0 amide bonds. The fourth-order valence-electron chi connectivity index (χ4n) is 0.977. The normalized spacial score (nSPS) is 10.1. The van der Waals surface area contributed by atoms with E-state index >= 15 is 0 Å². The first-order valence-corrected chi connectivity index (χ1v) is 5.16. The van der Waals surface area contributed by atoms with Crippen molar-refractivity contribution >= 4 is 11.6 Å². The lowest BCUT2D eigenvalue weighted by atomic mass is 10.5. The van der Waals surface area contributed by atoms with Gasteiger partial charge in [0.25, 0.3) is 0 Å². The third-order valence-corrected chi connectivity index (χ3v) is 1.88. The molecular weight excluding hydrogens is 200 g/mol. The SMILES string of the molecule is CCCNCCOc1ccc(Cl)cn1. The number of hydrogen-bond acceptors (Lipinski definition) is 3. The molecule has 0 fully saturated rings. The molecule has 0 aliphatic heterocycles. The van der Waals surface area contributed by atoms with E-state index in [0.717, 1.165) is 19.5 Å². The topological polar surface area (TPSA) is 34.1 Å². The highest BCUT2D eigenvalue weighted by atomic mass is 35.5. The second-order valence-corrected chi connectivity index (χ2v) is 3.35. The first kappa shape index (κ1) is 11.3. The Morgan fingerprint density at radius 2 is 2.29 bits per heavy atom. The molecule has 0 unspecified atom stereocenters. The van der Waals surface area contributed by atoms with Gasteiger partial charge < -0.3 is 10.1 Å². The van der Waals surface area contributed by atoms with Crippen LogP contribution in [0, 0.1) is 0 Å². The van der Waals surface area contributed by atoms with E-state index in [0.29, 0.717) is 17.5 Å². The second-order valence-electron chi connectivity index (χ2n) is 2.91. The second kappa shape index (κ2) is 6.62. The van der Waals surface area contributed by atoms with Crippen molar-refractivity contribution in [3.63, 3.8) is 0 Å². The van der Waals surface area contributed by atoms with Crippen molar-refractivity contribution in [2.45, 2.75) is 13.3 Å². The maximum absolute atomic E-state index is 5.68. The van der Waals surface area contributed by atoms with Gasteiger partial charge in [0.15, 0.2) is 0 Å². The van der Waals surface area contributed by atoms with Gasteiger partial charge in [0.1, 0.15) is 6.61 Å². The fourth-order valence-corrected chi connectivity index (χ4v) is 1.09. The summed E-state index contributed by atoms with van der Waals surface area (Å²) in [6.07, 6.45) is 2.72. The van der Waals surface area contributed by atoms with Gasteiger partial charge in [-0.2, -0.15) is 0 Å². The Morgan fingerprint density at radius 3 is 2.93 bits per heavy atom. The third kappa shape index (κ3) is 4.44. The van der Waals surface area contributed by atoms with E-state index in [9.17, 15) is 0 Å². The molecule has 4 heteroatoms. The van der Waals surface area contributed by atoms with Crippen LogP contribution in [0.15, 0.2) is 18.3 Å². The largest absolute Gasteiger partial charge is 0.476 e. The number of aromatic nitrogens is 1. The minimum atomic E-state index is 0.618. The number of pyridine rings is 1. The van der Waals surface area contributed by atoms with Gasteiger partial charge in [-0.05, 0) is 19.0 Å². The molecule has 0 atom stereocenters. The molecule has 0 radical (unpaired) electrons. The summed E-state index contributed by atoms with van der Waals surface area (Å²) >= 11 is 5.68. The molecular formula is C10H15ClN2O. The number of ether oxygens (including phenoxy) is 1. The molecule has 0 saturated carbocycles. The lowest BCUT2D eigenvalue weighted by Crippen LogP contribution is -2.21. The molecule has 3 nitrogen and oxygen atoms in total. The highest BCUT2D eigenvalue weighted by Gasteiger charge is 1.94. The third-order valence-electron chi connectivity index (χ3n) is 1.66. The lowest BCUT2D eigenvalue weighted by molar-refractivity contribution is 0.303. The Balaban J connectivity index is 2.15. The van der Waals surface area contributed by atoms with Crippen LogP contribution in [0.5, 0.6) is 5.88 Å². The summed E-state index contributed by atoms with van der Waals surface area (Å²) in [7, 11) is 0. The van der Waals surface area contributed by atoms with Crippen molar-refractivity contribution < 1.29 is 4.74 Å². The molecule has 0 bridgehead atoms. The Kier molecular flexibility index (Phi) is 5.33. The van der Waals surface area contributed by atoms with E-state index < -0.39 is 0 Å². The van der Waals surface area contributed by atoms with E-state index in [-0.39, 0.29) is 0 Å². The van der Waals surface area contributed by atoms with Crippen LogP contribution in [0.1, 0.15) is 13.3 Å². The van der Waals surface area contributed by atoms with Crippen LogP contribution in [0.25, 0.3) is 0 Å². The molecule has 1 heterocycles. The zero-order valence-corrected chi connectivity index (χ0v) is 9.05. The highest BCUT2D eigenvalue weighted by molar-refractivity contribution is 6.30. The van der Waals surface area contributed by atoms with Crippen LogP contribution in [0.3, 0.4) is 0 Å². The molecule has 0 saturated heterocycles. The molecule has 0 aromatic carbocycles. The smallest absolute Gasteiger partial charge is 0.213 e. The minimum absolute atomic E-state index is 0.618. The molecule has 14 heavy (non-hydrogen) atoms. The Hall–Kier alpha value is -0.800. The van der Waals surface area contributed by atoms with Gasteiger partial charge in [0.05, 0.1) is 5.02 Å². The first-order valence-electron chi connectivity index (χ1n) is 4.78. The zero-order chi connectivity index (χ0) is 10.2. The summed E-state index contributed by atoms with van der Waals surface area (Å²) in [6.45, 7) is 4.64. The van der Waals surface area contributed by atoms with E-state index in [4.69, 9.17) is 16.3 Å². The molecule has 0 aliphatic carbocycles. The van der Waals surface area contributed by atoms with Crippen molar-refractivity contribution in [1.29, 1.82) is 0 Å². The summed E-state index contributed by atoms with van der Waals surface area (Å²) in [5.41, 5.74) is 0. The summed E-state index contributed by atoms with van der Waals surface area (Å²) in [4.78, 5) is 4.01. The fraction of sp³-hybridized carbons (Fsp3) is 0.500. The molecule has 1 aromatic heterocycles. The molecule has 78 valence electrons. The van der Waals surface area contributed by atoms with Gasteiger partial charge in [0.2, 0.25) is 5.88 Å². The molecule has 1 aromatic rings. The van der Waals surface area contributed by atoms with Crippen LogP contribution < -0.4 is 10.1 Å². The lowest BCUT2D eigenvalue weighted by Gasteiger charge is -2.05. The first-order chi connectivity index (χ1) is 6.83. The van der Waals surface area contributed by atoms with Gasteiger partial charge in [-0.15, -0.1) is 0 Å². The Labute approximate surface area is 89.4 Å². The monoisotopic (exact) mass is 214 g/mol. The van der Waals surface area contributed by atoms with Gasteiger partial charge in [-0.25, -0.2) is 4.98 Å². The quantitative estimate of drug-likeness (QED) is 0.737. The van der Waals surface area contributed by atoms with Gasteiger partial charge in [0, 0.05) is 18.8 Å². The van der Waals surface area contributed by atoms with E-state index in [2.05, 4.69) is 17.2 Å². The van der Waals surface area contributed by atoms with Crippen molar-refractivity contribution in [3.8, 4) is 5.88 Å². The van der Waals surface area contributed by atoms with Crippen LogP contribution in [-0.4, -0.2) is 24.7 Å². The number of halogens is 1. The summed E-state index contributed by atoms with van der Waals surface area (Å²) in [5, 5.41) is 3.86. The zero-order valence-electron chi connectivity index (χ0n) is 8.29. The molecule has 1 N–H and O–H groups in total. The van der Waals surface area contributed by atoms with Crippen LogP contribution in [-0.2, 0) is 0 Å². The van der Waals surface area contributed by atoms with Crippen molar-refractivity contribution in [2.24, 2.45) is 0 Å². The van der Waals surface area contributed by atoms with E-state index in [1.807, 2.05) is 0 Å². The van der Waals surface area contributed by atoms with Crippen molar-refractivity contribution in [1.82, 2.24) is 10.3 Å². The predicted molar refractivity (Wildman–Crippen MR) is 57.9 cm³/mol. The number of nitrogens with zero attached hydrogens (tertiary/aromatic N) is 1. The summed E-state index contributed by atoms with van der Waals surface area (Å²) in [5.74, 6) is 0.618. The van der Waals surface area contributed by atoms with Crippen LogP contribution >= 0.6 is 11.6 Å². The summed E-state index contributed by atoms with van der Waals surface area (Å²) in [6, 6.07) is 3.53. The standard InChI is InChI=1S/C10H15ClN2O/c1-2-5-12-6-7-14-10-4-3-9(11)8-13-10/h3-4,8,12H,2,5-7H2,1H3. The van der Waals surface area contributed by atoms with Gasteiger partial charge in [-0.1, -0.05) is 18.5 Å². The number of rotatable bonds is 6. The predicted octanol–water partition coefficient (Wildman–Crippen LogP) is 2.11. The number of nitrogens with one attached hydrogen (secondary N) is 1. The average molecular weight is 215 g/mol. The van der Waals surface area contributed by atoms with Crippen LogP contribution in [0.2, 0.25) is 5.02 Å². The van der Waals surface area contributed by atoms with E-state index in [1.54, 1.807) is 18.3 Å². The van der Waals surface area contributed by atoms with E-state index in [1.165, 1.54) is 0 Å².